The monoisotopic (exact) mass is 292 g/mol. The molecule has 4 nitrogen and oxygen atoms in total. The van der Waals surface area contributed by atoms with Crippen molar-refractivity contribution in [3.8, 4) is 5.75 Å². The van der Waals surface area contributed by atoms with Gasteiger partial charge in [0.1, 0.15) is 5.75 Å². The molecule has 98 valence electrons. The number of nitrogens with zero attached hydrogens (tertiary/aromatic N) is 2. The second-order valence-electron chi connectivity index (χ2n) is 3.60. The number of thioether (sulfide) groups is 1. The highest BCUT2D eigenvalue weighted by molar-refractivity contribution is 7.98. The van der Waals surface area contributed by atoms with Gasteiger partial charge in [-0.25, -0.2) is 0 Å². The van der Waals surface area contributed by atoms with Crippen molar-refractivity contribution < 1.29 is 9.53 Å². The van der Waals surface area contributed by atoms with Crippen LogP contribution < -0.4 is 4.74 Å². The van der Waals surface area contributed by atoms with E-state index >= 15 is 0 Å². The van der Waals surface area contributed by atoms with E-state index in [1.54, 1.807) is 42.5 Å². The summed E-state index contributed by atoms with van der Waals surface area (Å²) in [5, 5.41) is 5.62. The van der Waals surface area contributed by atoms with E-state index in [0.29, 0.717) is 17.0 Å². The summed E-state index contributed by atoms with van der Waals surface area (Å²) in [4.78, 5) is 13.0. The Morgan fingerprint density at radius 3 is 2.95 bits per heavy atom. The second kappa shape index (κ2) is 6.49. The average Bonchev–Trinajstić information content (AvgIpc) is 2.97. The zero-order chi connectivity index (χ0) is 13.7. The predicted octanol–water partition coefficient (Wildman–Crippen LogP) is 3.16. The first-order valence-corrected chi connectivity index (χ1v) is 7.52. The van der Waals surface area contributed by atoms with E-state index in [2.05, 4.69) is 9.59 Å². The number of carbonyl (C=O) groups is 1. The Kier molecular flexibility index (Phi) is 4.70. The summed E-state index contributed by atoms with van der Waals surface area (Å²) in [5.74, 6) is 0.626. The van der Waals surface area contributed by atoms with Crippen LogP contribution in [0.1, 0.15) is 16.1 Å². The number of rotatable bonds is 5. The predicted molar refractivity (Wildman–Crippen MR) is 78.0 cm³/mol. The van der Waals surface area contributed by atoms with Gasteiger partial charge in [-0.05, 0) is 48.1 Å². The fourth-order valence-corrected chi connectivity index (χ4v) is 2.46. The lowest BCUT2D eigenvalue weighted by Gasteiger charge is -2.07. The van der Waals surface area contributed by atoms with E-state index in [4.69, 9.17) is 4.74 Å². The molecular weight excluding hydrogens is 280 g/mol. The number of benzene rings is 1. The third-order valence-corrected chi connectivity index (χ3v) is 3.75. The standard InChI is InChI=1S/C13H12N2O2S2/c1-17-12-7-9(3-6-13(12)18-2)11(16)5-4-10-8-19-15-14-10/h3-8H,1-2H3/b5-4-. The maximum atomic E-state index is 12.0. The Balaban J connectivity index is 2.19. The van der Waals surface area contributed by atoms with Gasteiger partial charge in [0.2, 0.25) is 0 Å². The Morgan fingerprint density at radius 2 is 2.32 bits per heavy atom. The molecule has 2 rings (SSSR count). The first-order chi connectivity index (χ1) is 9.24. The van der Waals surface area contributed by atoms with Gasteiger partial charge in [-0.15, -0.1) is 16.9 Å². The van der Waals surface area contributed by atoms with E-state index in [1.165, 1.54) is 17.6 Å². The van der Waals surface area contributed by atoms with Crippen LogP contribution in [0.5, 0.6) is 5.75 Å². The van der Waals surface area contributed by atoms with Crippen molar-refractivity contribution in [2.75, 3.05) is 13.4 Å². The van der Waals surface area contributed by atoms with E-state index in [0.717, 1.165) is 4.90 Å². The van der Waals surface area contributed by atoms with E-state index in [1.807, 2.05) is 12.3 Å². The number of allylic oxidation sites excluding steroid dienone is 1. The highest BCUT2D eigenvalue weighted by atomic mass is 32.2. The smallest absolute Gasteiger partial charge is 0.186 e. The van der Waals surface area contributed by atoms with Crippen molar-refractivity contribution in [3.05, 3.63) is 40.9 Å². The summed E-state index contributed by atoms with van der Waals surface area (Å²) in [6.07, 6.45) is 5.11. The van der Waals surface area contributed by atoms with Crippen molar-refractivity contribution in [2.24, 2.45) is 0 Å². The van der Waals surface area contributed by atoms with Gasteiger partial charge in [0.25, 0.3) is 0 Å². The molecule has 0 spiro atoms. The van der Waals surface area contributed by atoms with Gasteiger partial charge in [-0.2, -0.15) is 0 Å². The van der Waals surface area contributed by atoms with Gasteiger partial charge in [-0.1, -0.05) is 4.49 Å². The molecule has 6 heteroatoms. The number of aromatic nitrogens is 2. The lowest BCUT2D eigenvalue weighted by molar-refractivity contribution is 0.104. The Hall–Kier alpha value is -1.66. The van der Waals surface area contributed by atoms with Gasteiger partial charge in [0, 0.05) is 15.8 Å². The molecule has 0 saturated carbocycles. The van der Waals surface area contributed by atoms with Crippen LogP contribution in [-0.4, -0.2) is 28.7 Å². The molecule has 1 heterocycles. The van der Waals surface area contributed by atoms with Crippen molar-refractivity contribution in [3.63, 3.8) is 0 Å². The molecule has 0 atom stereocenters. The highest BCUT2D eigenvalue weighted by Gasteiger charge is 2.07. The van der Waals surface area contributed by atoms with Crippen LogP contribution in [0, 0.1) is 0 Å². The fraction of sp³-hybridized carbons (Fsp3) is 0.154. The first-order valence-electron chi connectivity index (χ1n) is 5.46. The zero-order valence-electron chi connectivity index (χ0n) is 10.5. The van der Waals surface area contributed by atoms with E-state index < -0.39 is 0 Å². The van der Waals surface area contributed by atoms with Gasteiger partial charge in [-0.3, -0.25) is 4.79 Å². The van der Waals surface area contributed by atoms with Crippen LogP contribution in [0.2, 0.25) is 0 Å². The van der Waals surface area contributed by atoms with Crippen LogP contribution in [0.4, 0.5) is 0 Å². The molecule has 0 unspecified atom stereocenters. The topological polar surface area (TPSA) is 52.1 Å². The summed E-state index contributed by atoms with van der Waals surface area (Å²) >= 11 is 2.83. The van der Waals surface area contributed by atoms with Gasteiger partial charge in [0.15, 0.2) is 5.78 Å². The Bertz CT molecular complexity index is 595. The fourth-order valence-electron chi connectivity index (χ4n) is 1.49. The minimum absolute atomic E-state index is 0.0843. The van der Waals surface area contributed by atoms with Crippen molar-refractivity contribution in [1.29, 1.82) is 0 Å². The maximum Gasteiger partial charge on any atom is 0.186 e. The largest absolute Gasteiger partial charge is 0.496 e. The Morgan fingerprint density at radius 1 is 1.47 bits per heavy atom. The molecular formula is C13H12N2O2S2. The molecule has 0 aliphatic rings. The second-order valence-corrected chi connectivity index (χ2v) is 5.06. The molecule has 2 aromatic rings. The van der Waals surface area contributed by atoms with Crippen LogP contribution >= 0.6 is 23.3 Å². The molecule has 0 bridgehead atoms. The minimum atomic E-state index is -0.0843. The van der Waals surface area contributed by atoms with Gasteiger partial charge < -0.3 is 4.74 Å². The first kappa shape index (κ1) is 13.8. The summed E-state index contributed by atoms with van der Waals surface area (Å²) in [6, 6.07) is 5.42. The number of ketones is 1. The maximum absolute atomic E-state index is 12.0. The SMILES string of the molecule is COc1cc(C(=O)/C=C\c2csnn2)ccc1SC. The molecule has 0 aliphatic carbocycles. The quantitative estimate of drug-likeness (QED) is 0.481. The number of methoxy groups -OCH3 is 1. The molecule has 0 amide bonds. The lowest BCUT2D eigenvalue weighted by Crippen LogP contribution is -1.96. The molecule has 0 fully saturated rings. The number of ether oxygens (including phenoxy) is 1. The third kappa shape index (κ3) is 3.42. The molecule has 1 aromatic heterocycles. The van der Waals surface area contributed by atoms with Crippen LogP contribution in [0.15, 0.2) is 34.6 Å². The van der Waals surface area contributed by atoms with E-state index in [9.17, 15) is 4.79 Å². The summed E-state index contributed by atoms with van der Waals surface area (Å²) in [6.45, 7) is 0. The van der Waals surface area contributed by atoms with Gasteiger partial charge >= 0.3 is 0 Å². The zero-order valence-corrected chi connectivity index (χ0v) is 12.1. The third-order valence-electron chi connectivity index (χ3n) is 2.45. The normalized spacial score (nSPS) is 10.8. The van der Waals surface area contributed by atoms with Crippen LogP contribution in [0.3, 0.4) is 0 Å². The van der Waals surface area contributed by atoms with Crippen LogP contribution in [0.25, 0.3) is 6.08 Å². The summed E-state index contributed by atoms with van der Waals surface area (Å²) in [7, 11) is 1.60. The lowest BCUT2D eigenvalue weighted by atomic mass is 10.1. The Labute approximate surface area is 119 Å². The molecule has 0 saturated heterocycles. The number of hydrogen-bond donors (Lipinski definition) is 0. The number of carbonyl (C=O) groups excluding carboxylic acids is 1. The van der Waals surface area contributed by atoms with Gasteiger partial charge in [0.05, 0.1) is 12.8 Å². The number of hydrogen-bond acceptors (Lipinski definition) is 6. The average molecular weight is 292 g/mol. The minimum Gasteiger partial charge on any atom is -0.496 e. The molecule has 1 aromatic carbocycles. The van der Waals surface area contributed by atoms with Crippen molar-refractivity contribution >= 4 is 35.2 Å². The van der Waals surface area contributed by atoms with Crippen LogP contribution in [-0.2, 0) is 0 Å². The molecule has 0 aliphatic heterocycles. The van der Waals surface area contributed by atoms with Crippen molar-refractivity contribution in [2.45, 2.75) is 4.90 Å². The molecule has 0 N–H and O–H groups in total. The highest BCUT2D eigenvalue weighted by Crippen LogP contribution is 2.28. The summed E-state index contributed by atoms with van der Waals surface area (Å²) in [5.41, 5.74) is 1.28. The molecule has 0 radical (unpaired) electrons. The van der Waals surface area contributed by atoms with Crippen molar-refractivity contribution in [1.82, 2.24) is 9.59 Å². The molecule has 19 heavy (non-hydrogen) atoms. The summed E-state index contributed by atoms with van der Waals surface area (Å²) < 4.78 is 8.99. The van der Waals surface area contributed by atoms with E-state index in [-0.39, 0.29) is 5.78 Å².